The lowest BCUT2D eigenvalue weighted by Crippen LogP contribution is -2.40. The van der Waals surface area contributed by atoms with Crippen LogP contribution in [-0.4, -0.2) is 62.6 Å². The van der Waals surface area contributed by atoms with Crippen LogP contribution in [-0.2, 0) is 30.9 Å². The molecule has 3 aromatic rings. The molecule has 0 N–H and O–H groups in total. The molecule has 198 valence electrons. The molecule has 1 unspecified atom stereocenters. The zero-order valence-corrected chi connectivity index (χ0v) is 22.7. The topological polar surface area (TPSA) is 116 Å². The van der Waals surface area contributed by atoms with Gasteiger partial charge in [-0.1, -0.05) is 29.0 Å². The van der Waals surface area contributed by atoms with E-state index in [9.17, 15) is 18.0 Å². The number of fused-ring (bicyclic) bond motifs is 1. The molecule has 1 aliphatic heterocycles. The normalized spacial score (nSPS) is 16.8. The van der Waals surface area contributed by atoms with Crippen LogP contribution >= 0.6 is 11.3 Å². The Labute approximate surface area is 219 Å². The second-order valence-electron chi connectivity index (χ2n) is 8.46. The third-order valence-electron chi connectivity index (χ3n) is 6.11. The average molecular weight is 548 g/mol. The van der Waals surface area contributed by atoms with Crippen molar-refractivity contribution in [2.24, 2.45) is 4.99 Å². The average Bonchev–Trinajstić information content (AvgIpc) is 3.50. The van der Waals surface area contributed by atoms with E-state index < -0.39 is 27.9 Å². The largest absolute Gasteiger partial charge is 0.495 e. The highest BCUT2D eigenvalue weighted by Gasteiger charge is 2.39. The van der Waals surface area contributed by atoms with E-state index in [4.69, 9.17) is 14.2 Å². The van der Waals surface area contributed by atoms with Gasteiger partial charge >= 0.3 is 5.97 Å². The van der Waals surface area contributed by atoms with Gasteiger partial charge < -0.3 is 18.8 Å². The fraction of sp³-hybridized carbons (Fsp3) is 0.400. The number of benzene rings is 2. The van der Waals surface area contributed by atoms with E-state index in [2.05, 4.69) is 4.99 Å². The number of methoxy groups -OCH3 is 2. The lowest BCUT2D eigenvalue weighted by molar-refractivity contribution is -0.143. The van der Waals surface area contributed by atoms with Crippen molar-refractivity contribution in [1.29, 1.82) is 0 Å². The van der Waals surface area contributed by atoms with Crippen molar-refractivity contribution in [2.45, 2.75) is 44.2 Å². The molecule has 37 heavy (non-hydrogen) atoms. The van der Waals surface area contributed by atoms with Gasteiger partial charge in [-0.15, -0.1) is 0 Å². The highest BCUT2D eigenvalue weighted by molar-refractivity contribution is 7.89. The minimum absolute atomic E-state index is 0.131. The molecule has 4 rings (SSSR count). The van der Waals surface area contributed by atoms with Crippen LogP contribution in [0, 0.1) is 6.92 Å². The molecule has 12 heteroatoms. The molecular weight excluding hydrogens is 518 g/mol. The van der Waals surface area contributed by atoms with E-state index in [1.165, 1.54) is 18.5 Å². The highest BCUT2D eigenvalue weighted by Crippen LogP contribution is 2.35. The molecule has 2 aromatic carbocycles. The Morgan fingerprint density at radius 3 is 2.41 bits per heavy atom. The lowest BCUT2D eigenvalue weighted by Gasteiger charge is -2.21. The molecule has 0 radical (unpaired) electrons. The highest BCUT2D eigenvalue weighted by atomic mass is 32.2. The fourth-order valence-corrected chi connectivity index (χ4v) is 7.11. The first-order valence-electron chi connectivity index (χ1n) is 11.8. The molecule has 0 bridgehead atoms. The number of hydrogen-bond acceptors (Lipinski definition) is 8. The van der Waals surface area contributed by atoms with Crippen molar-refractivity contribution in [2.75, 3.05) is 27.4 Å². The summed E-state index contributed by atoms with van der Waals surface area (Å²) in [7, 11) is -0.869. The van der Waals surface area contributed by atoms with E-state index in [0.29, 0.717) is 34.6 Å². The number of esters is 1. The number of aryl methyl sites for hydroxylation is 1. The predicted molar refractivity (Wildman–Crippen MR) is 138 cm³/mol. The number of rotatable bonds is 8. The zero-order valence-electron chi connectivity index (χ0n) is 21.1. The Hall–Kier alpha value is -3.22. The number of hydrogen-bond donors (Lipinski definition) is 0. The van der Waals surface area contributed by atoms with Crippen molar-refractivity contribution in [3.63, 3.8) is 0 Å². The number of ether oxygens (including phenoxy) is 3. The van der Waals surface area contributed by atoms with E-state index in [1.807, 2.05) is 6.92 Å². The van der Waals surface area contributed by atoms with E-state index in [1.54, 1.807) is 47.9 Å². The minimum Gasteiger partial charge on any atom is -0.495 e. The molecule has 0 aliphatic carbocycles. The minimum atomic E-state index is -3.89. The Kier molecular flexibility index (Phi) is 8.00. The van der Waals surface area contributed by atoms with E-state index in [-0.39, 0.29) is 29.4 Å². The zero-order chi connectivity index (χ0) is 26.7. The van der Waals surface area contributed by atoms with Crippen molar-refractivity contribution in [1.82, 2.24) is 8.87 Å². The Morgan fingerprint density at radius 1 is 1.08 bits per heavy atom. The van der Waals surface area contributed by atoms with Gasteiger partial charge in [0.15, 0.2) is 4.80 Å². The van der Waals surface area contributed by atoms with Gasteiger partial charge in [-0.2, -0.15) is 9.30 Å². The van der Waals surface area contributed by atoms with Gasteiger partial charge in [0.25, 0.3) is 5.91 Å². The summed E-state index contributed by atoms with van der Waals surface area (Å²) in [6, 6.07) is 9.01. The molecule has 1 fully saturated rings. The van der Waals surface area contributed by atoms with Crippen LogP contribution in [0.2, 0.25) is 0 Å². The van der Waals surface area contributed by atoms with Crippen molar-refractivity contribution >= 4 is 43.5 Å². The van der Waals surface area contributed by atoms with Crippen molar-refractivity contribution < 1.29 is 32.2 Å². The number of carbonyl (C=O) groups is 2. The summed E-state index contributed by atoms with van der Waals surface area (Å²) in [6.07, 6.45) is 0.886. The molecule has 10 nitrogen and oxygen atoms in total. The fourth-order valence-electron chi connectivity index (χ4n) is 4.31. The molecule has 1 amide bonds. The number of carbonyl (C=O) groups excluding carboxylic acids is 2. The summed E-state index contributed by atoms with van der Waals surface area (Å²) in [5.74, 6) is -0.118. The summed E-state index contributed by atoms with van der Waals surface area (Å²) in [4.78, 5) is 30.6. The van der Waals surface area contributed by atoms with Crippen LogP contribution in [0.3, 0.4) is 0 Å². The first kappa shape index (κ1) is 26.8. The van der Waals surface area contributed by atoms with Crippen molar-refractivity contribution in [3.05, 3.63) is 46.8 Å². The Bertz CT molecular complexity index is 1490. The molecule has 1 saturated heterocycles. The van der Waals surface area contributed by atoms with Gasteiger partial charge in [-0.3, -0.25) is 9.59 Å². The van der Waals surface area contributed by atoms with Gasteiger partial charge in [0.05, 0.1) is 25.7 Å². The van der Waals surface area contributed by atoms with Crippen LogP contribution in [0.5, 0.6) is 11.5 Å². The standard InChI is InChI=1S/C25H29N3O7S2/c1-5-35-21(29)15-27-22-19(33-3)12-13-20(34-4)23(22)36-25(27)26-24(30)18-7-6-14-28(18)37(31,32)17-10-8-16(2)9-11-17/h8-13,18H,5-7,14-15H2,1-4H3. The van der Waals surface area contributed by atoms with Crippen LogP contribution < -0.4 is 14.3 Å². The lowest BCUT2D eigenvalue weighted by atomic mass is 10.2. The Morgan fingerprint density at radius 2 is 1.76 bits per heavy atom. The predicted octanol–water partition coefficient (Wildman–Crippen LogP) is 2.87. The van der Waals surface area contributed by atoms with E-state index in [0.717, 1.165) is 16.9 Å². The van der Waals surface area contributed by atoms with Gasteiger partial charge in [0, 0.05) is 6.54 Å². The van der Waals surface area contributed by atoms with Gasteiger partial charge in [0.1, 0.15) is 34.3 Å². The first-order chi connectivity index (χ1) is 17.7. The van der Waals surface area contributed by atoms with Gasteiger partial charge in [-0.25, -0.2) is 8.42 Å². The van der Waals surface area contributed by atoms with Crippen LogP contribution in [0.15, 0.2) is 46.3 Å². The smallest absolute Gasteiger partial charge is 0.326 e. The SMILES string of the molecule is CCOC(=O)Cn1c(=NC(=O)C2CCCN2S(=O)(=O)c2ccc(C)cc2)sc2c(OC)ccc(OC)c21. The van der Waals surface area contributed by atoms with E-state index >= 15 is 0 Å². The van der Waals surface area contributed by atoms with Gasteiger partial charge in [0.2, 0.25) is 10.0 Å². The summed E-state index contributed by atoms with van der Waals surface area (Å²) in [6.45, 7) is 3.79. The number of amides is 1. The quantitative estimate of drug-likeness (QED) is 0.398. The molecule has 1 aliphatic rings. The summed E-state index contributed by atoms with van der Waals surface area (Å²) >= 11 is 1.15. The molecule has 2 heterocycles. The number of thiazole rings is 1. The molecule has 0 saturated carbocycles. The maximum absolute atomic E-state index is 13.4. The third-order valence-corrected chi connectivity index (χ3v) is 9.12. The van der Waals surface area contributed by atoms with Gasteiger partial charge in [-0.05, 0) is 51.0 Å². The summed E-state index contributed by atoms with van der Waals surface area (Å²) in [5.41, 5.74) is 1.46. The number of aromatic nitrogens is 1. The second-order valence-corrected chi connectivity index (χ2v) is 11.3. The number of nitrogens with zero attached hydrogens (tertiary/aromatic N) is 3. The van der Waals surface area contributed by atoms with Crippen LogP contribution in [0.4, 0.5) is 0 Å². The number of sulfonamides is 1. The molecule has 0 spiro atoms. The summed E-state index contributed by atoms with van der Waals surface area (Å²) < 4.78 is 46.2. The summed E-state index contributed by atoms with van der Waals surface area (Å²) in [5, 5.41) is 0. The molecular formula is C25H29N3O7S2. The molecule has 1 aromatic heterocycles. The third kappa shape index (κ3) is 5.27. The molecule has 1 atom stereocenters. The maximum atomic E-state index is 13.4. The van der Waals surface area contributed by atoms with Crippen molar-refractivity contribution in [3.8, 4) is 11.5 Å². The maximum Gasteiger partial charge on any atom is 0.326 e. The Balaban J connectivity index is 1.80. The second kappa shape index (κ2) is 11.0. The van der Waals surface area contributed by atoms with Crippen LogP contribution in [0.1, 0.15) is 25.3 Å². The first-order valence-corrected chi connectivity index (χ1v) is 14.0. The van der Waals surface area contributed by atoms with Crippen LogP contribution in [0.25, 0.3) is 10.2 Å². The monoisotopic (exact) mass is 547 g/mol.